The van der Waals surface area contributed by atoms with Crippen LogP contribution in [0.3, 0.4) is 0 Å². The Morgan fingerprint density at radius 2 is 2.29 bits per heavy atom. The van der Waals surface area contributed by atoms with E-state index in [1.165, 1.54) is 7.11 Å². The summed E-state index contributed by atoms with van der Waals surface area (Å²) >= 11 is 0. The smallest absolute Gasteiger partial charge is 0.310 e. The summed E-state index contributed by atoms with van der Waals surface area (Å²) in [4.78, 5) is 18.3. The fourth-order valence-electron chi connectivity index (χ4n) is 2.76. The Kier molecular flexibility index (Phi) is 3.53. The molecule has 1 saturated heterocycles. The summed E-state index contributed by atoms with van der Waals surface area (Å²) in [5.41, 5.74) is 2.04. The van der Waals surface area contributed by atoms with Gasteiger partial charge in [0.15, 0.2) is 5.82 Å². The van der Waals surface area contributed by atoms with Gasteiger partial charge < -0.3 is 9.64 Å². The Balaban J connectivity index is 1.92. The summed E-state index contributed by atoms with van der Waals surface area (Å²) < 4.78 is 6.70. The molecular formula is C15H20N4O2. The fraction of sp³-hybridized carbons (Fsp3) is 0.533. The lowest BCUT2D eigenvalue weighted by Gasteiger charge is -2.17. The highest BCUT2D eigenvalue weighted by atomic mass is 16.5. The van der Waals surface area contributed by atoms with Crippen molar-refractivity contribution in [2.24, 2.45) is 5.92 Å². The van der Waals surface area contributed by atoms with Gasteiger partial charge in [0.25, 0.3) is 0 Å². The average molecular weight is 288 g/mol. The van der Waals surface area contributed by atoms with Gasteiger partial charge in [-0.15, -0.1) is 0 Å². The van der Waals surface area contributed by atoms with Crippen molar-refractivity contribution in [1.29, 1.82) is 0 Å². The molecule has 0 radical (unpaired) electrons. The minimum Gasteiger partial charge on any atom is -0.469 e. The Labute approximate surface area is 123 Å². The van der Waals surface area contributed by atoms with Crippen LogP contribution in [0.1, 0.15) is 31.9 Å². The lowest BCUT2D eigenvalue weighted by Crippen LogP contribution is -2.24. The van der Waals surface area contributed by atoms with Crippen molar-refractivity contribution < 1.29 is 9.53 Å². The third-order valence-corrected chi connectivity index (χ3v) is 4.00. The second-order valence-corrected chi connectivity index (χ2v) is 5.76. The number of carbonyl (C=O) groups is 1. The zero-order valence-electron chi connectivity index (χ0n) is 12.6. The number of rotatable bonds is 3. The molecular weight excluding hydrogens is 268 g/mol. The maximum Gasteiger partial charge on any atom is 0.310 e. The highest BCUT2D eigenvalue weighted by Crippen LogP contribution is 2.27. The van der Waals surface area contributed by atoms with Gasteiger partial charge in [0.1, 0.15) is 5.52 Å². The van der Waals surface area contributed by atoms with Gasteiger partial charge in [-0.2, -0.15) is 5.10 Å². The molecule has 0 saturated carbocycles. The second kappa shape index (κ2) is 5.35. The van der Waals surface area contributed by atoms with Crippen LogP contribution in [-0.4, -0.2) is 40.8 Å². The first-order valence-electron chi connectivity index (χ1n) is 7.27. The van der Waals surface area contributed by atoms with Crippen LogP contribution in [0.5, 0.6) is 0 Å². The van der Waals surface area contributed by atoms with Crippen LogP contribution >= 0.6 is 0 Å². The molecule has 6 heteroatoms. The maximum atomic E-state index is 11.7. The Bertz CT molecular complexity index is 665. The number of anilines is 1. The van der Waals surface area contributed by atoms with Crippen molar-refractivity contribution in [2.45, 2.75) is 26.2 Å². The van der Waals surface area contributed by atoms with E-state index >= 15 is 0 Å². The van der Waals surface area contributed by atoms with E-state index in [-0.39, 0.29) is 11.9 Å². The molecule has 1 aliphatic heterocycles. The third kappa shape index (κ3) is 2.46. The quantitative estimate of drug-likeness (QED) is 0.807. The van der Waals surface area contributed by atoms with Crippen molar-refractivity contribution in [3.8, 4) is 0 Å². The zero-order valence-corrected chi connectivity index (χ0v) is 12.6. The standard InChI is InChI=1S/C15H20N4O2/c1-10(2)12-8-13-14(16-5-7-19(13)17-12)18-6-4-11(9-18)15(20)21-3/h5,7-8,10-11H,4,6,9H2,1-3H3. The molecule has 6 nitrogen and oxygen atoms in total. The van der Waals surface area contributed by atoms with E-state index in [4.69, 9.17) is 4.74 Å². The summed E-state index contributed by atoms with van der Waals surface area (Å²) in [6, 6.07) is 2.08. The second-order valence-electron chi connectivity index (χ2n) is 5.76. The Hall–Kier alpha value is -2.11. The number of esters is 1. The number of aromatic nitrogens is 3. The largest absolute Gasteiger partial charge is 0.469 e. The minimum absolute atomic E-state index is 0.0652. The van der Waals surface area contributed by atoms with Crippen molar-refractivity contribution >= 4 is 17.3 Å². The third-order valence-electron chi connectivity index (χ3n) is 4.00. The van der Waals surface area contributed by atoms with Crippen molar-refractivity contribution in [3.63, 3.8) is 0 Å². The van der Waals surface area contributed by atoms with Gasteiger partial charge in [-0.1, -0.05) is 13.8 Å². The predicted molar refractivity (Wildman–Crippen MR) is 79.4 cm³/mol. The van der Waals surface area contributed by atoms with Crippen LogP contribution in [0.4, 0.5) is 5.82 Å². The number of ether oxygens (including phenoxy) is 1. The highest BCUT2D eigenvalue weighted by Gasteiger charge is 2.30. The van der Waals surface area contributed by atoms with Crippen molar-refractivity contribution in [1.82, 2.24) is 14.6 Å². The lowest BCUT2D eigenvalue weighted by atomic mass is 10.1. The maximum absolute atomic E-state index is 11.7. The van der Waals surface area contributed by atoms with Gasteiger partial charge in [-0.05, 0) is 18.4 Å². The molecule has 0 N–H and O–H groups in total. The van der Waals surface area contributed by atoms with Crippen LogP contribution < -0.4 is 4.90 Å². The Morgan fingerprint density at radius 3 is 3.00 bits per heavy atom. The number of carbonyl (C=O) groups excluding carboxylic acids is 1. The molecule has 1 fully saturated rings. The molecule has 0 bridgehead atoms. The SMILES string of the molecule is COC(=O)C1CCN(c2nccn3nc(C(C)C)cc23)C1. The lowest BCUT2D eigenvalue weighted by molar-refractivity contribution is -0.144. The van der Waals surface area contributed by atoms with E-state index in [0.29, 0.717) is 12.5 Å². The molecule has 3 heterocycles. The van der Waals surface area contributed by atoms with E-state index in [1.54, 1.807) is 6.20 Å². The molecule has 0 aliphatic carbocycles. The molecule has 2 aromatic rings. The molecule has 0 spiro atoms. The first-order chi connectivity index (χ1) is 10.1. The summed E-state index contributed by atoms with van der Waals surface area (Å²) in [5, 5.41) is 4.57. The molecule has 112 valence electrons. The number of methoxy groups -OCH3 is 1. The monoisotopic (exact) mass is 288 g/mol. The van der Waals surface area contributed by atoms with Crippen molar-refractivity contribution in [2.75, 3.05) is 25.1 Å². The van der Waals surface area contributed by atoms with E-state index in [9.17, 15) is 4.79 Å². The van der Waals surface area contributed by atoms with Gasteiger partial charge in [-0.3, -0.25) is 4.79 Å². The van der Waals surface area contributed by atoms with E-state index in [1.807, 2.05) is 10.7 Å². The topological polar surface area (TPSA) is 59.7 Å². The van der Waals surface area contributed by atoms with Crippen LogP contribution in [-0.2, 0) is 9.53 Å². The highest BCUT2D eigenvalue weighted by molar-refractivity contribution is 5.76. The molecule has 0 amide bonds. The van der Waals surface area contributed by atoms with Crippen LogP contribution in [0, 0.1) is 5.92 Å². The molecule has 21 heavy (non-hydrogen) atoms. The van der Waals surface area contributed by atoms with E-state index in [0.717, 1.165) is 30.0 Å². The summed E-state index contributed by atoms with van der Waals surface area (Å²) in [7, 11) is 1.44. The Morgan fingerprint density at radius 1 is 1.48 bits per heavy atom. The summed E-state index contributed by atoms with van der Waals surface area (Å²) in [5.74, 6) is 1.06. The fourth-order valence-corrected chi connectivity index (χ4v) is 2.76. The summed E-state index contributed by atoms with van der Waals surface area (Å²) in [6.07, 6.45) is 4.42. The predicted octanol–water partition coefficient (Wildman–Crippen LogP) is 1.85. The molecule has 1 aliphatic rings. The zero-order chi connectivity index (χ0) is 15.0. The van der Waals surface area contributed by atoms with Gasteiger partial charge in [0.2, 0.25) is 0 Å². The van der Waals surface area contributed by atoms with Gasteiger partial charge >= 0.3 is 5.97 Å². The first-order valence-corrected chi connectivity index (χ1v) is 7.27. The van der Waals surface area contributed by atoms with Crippen molar-refractivity contribution in [3.05, 3.63) is 24.2 Å². The number of hydrogen-bond donors (Lipinski definition) is 0. The van der Waals surface area contributed by atoms with Gasteiger partial charge in [-0.25, -0.2) is 9.50 Å². The molecule has 0 aromatic carbocycles. The van der Waals surface area contributed by atoms with Crippen LogP contribution in [0.15, 0.2) is 18.5 Å². The molecule has 2 aromatic heterocycles. The number of nitrogens with zero attached hydrogens (tertiary/aromatic N) is 4. The van der Waals surface area contributed by atoms with Crippen LogP contribution in [0.2, 0.25) is 0 Å². The van der Waals surface area contributed by atoms with E-state index in [2.05, 4.69) is 34.9 Å². The minimum atomic E-state index is -0.138. The van der Waals surface area contributed by atoms with Gasteiger partial charge in [0.05, 0.1) is 18.7 Å². The van der Waals surface area contributed by atoms with E-state index < -0.39 is 0 Å². The molecule has 3 rings (SSSR count). The molecule has 1 atom stereocenters. The van der Waals surface area contributed by atoms with Gasteiger partial charge in [0, 0.05) is 25.5 Å². The average Bonchev–Trinajstić information content (AvgIpc) is 3.12. The number of fused-ring (bicyclic) bond motifs is 1. The first kappa shape index (κ1) is 13.9. The number of hydrogen-bond acceptors (Lipinski definition) is 5. The molecule has 1 unspecified atom stereocenters. The van der Waals surface area contributed by atoms with Crippen LogP contribution in [0.25, 0.3) is 5.52 Å². The normalized spacial score (nSPS) is 18.7. The summed E-state index contributed by atoms with van der Waals surface area (Å²) in [6.45, 7) is 5.71.